The van der Waals surface area contributed by atoms with Crippen molar-refractivity contribution in [2.75, 3.05) is 5.32 Å². The van der Waals surface area contributed by atoms with E-state index < -0.39 is 0 Å². The highest BCUT2D eigenvalue weighted by Crippen LogP contribution is 2.25. The predicted octanol–water partition coefficient (Wildman–Crippen LogP) is 4.26. The number of ether oxygens (including phenoxy) is 1. The number of hydrogen-bond donors (Lipinski definition) is 4. The molecule has 0 saturated heterocycles. The van der Waals surface area contributed by atoms with E-state index in [9.17, 15) is 0 Å². The maximum atomic E-state index is 8.97. The van der Waals surface area contributed by atoms with Gasteiger partial charge in [0.25, 0.3) is 0 Å². The Labute approximate surface area is 167 Å². The molecule has 0 aliphatic rings. The molecule has 144 valence electrons. The van der Waals surface area contributed by atoms with Gasteiger partial charge in [0.05, 0.1) is 5.52 Å². The molecule has 0 radical (unpaired) electrons. The molecule has 0 saturated carbocycles. The van der Waals surface area contributed by atoms with Crippen LogP contribution in [0.25, 0.3) is 10.9 Å². The molecule has 0 spiro atoms. The van der Waals surface area contributed by atoms with Gasteiger partial charge >= 0.3 is 0 Å². The summed E-state index contributed by atoms with van der Waals surface area (Å²) >= 11 is 0. The highest BCUT2D eigenvalue weighted by atomic mass is 16.5. The first-order valence-corrected chi connectivity index (χ1v) is 9.00. The molecule has 0 amide bonds. The van der Waals surface area contributed by atoms with Crippen molar-refractivity contribution in [2.24, 2.45) is 0 Å². The summed E-state index contributed by atoms with van der Waals surface area (Å²) in [6.07, 6.45) is 1.48. The summed E-state index contributed by atoms with van der Waals surface area (Å²) in [5.74, 6) is 1.29. The second-order valence-electron chi connectivity index (χ2n) is 6.36. The van der Waals surface area contributed by atoms with E-state index in [1.807, 2.05) is 60.1 Å². The van der Waals surface area contributed by atoms with Crippen molar-refractivity contribution in [3.8, 4) is 5.75 Å². The zero-order valence-electron chi connectivity index (χ0n) is 15.5. The quantitative estimate of drug-likeness (QED) is 0.225. The van der Waals surface area contributed by atoms with E-state index in [0.29, 0.717) is 18.0 Å². The standard InChI is InChI=1S/C22H19N5O2/c23-21(27-28)16-6-11-20-19(12-16)22(25-14-24-20)26-17-7-9-18(10-8-17)29-13-15-4-2-1-3-5-15/h1-12,14,28H,13H2,(H2,23,27)(H,24,25,26). The third kappa shape index (κ3) is 4.31. The summed E-state index contributed by atoms with van der Waals surface area (Å²) in [7, 11) is 0. The van der Waals surface area contributed by atoms with Gasteiger partial charge in [0, 0.05) is 16.6 Å². The van der Waals surface area contributed by atoms with Gasteiger partial charge in [-0.1, -0.05) is 30.3 Å². The van der Waals surface area contributed by atoms with Gasteiger partial charge in [0.2, 0.25) is 0 Å². The zero-order valence-corrected chi connectivity index (χ0v) is 15.5. The van der Waals surface area contributed by atoms with Crippen LogP contribution in [-0.2, 0) is 6.61 Å². The van der Waals surface area contributed by atoms with Gasteiger partial charge in [-0.05, 0) is 48.0 Å². The van der Waals surface area contributed by atoms with Crippen LogP contribution < -0.4 is 15.5 Å². The summed E-state index contributed by atoms with van der Waals surface area (Å²) < 4.78 is 5.81. The van der Waals surface area contributed by atoms with E-state index in [-0.39, 0.29) is 5.84 Å². The fraction of sp³-hybridized carbons (Fsp3) is 0.0455. The molecule has 0 aliphatic carbocycles. The Hall–Kier alpha value is -3.97. The van der Waals surface area contributed by atoms with E-state index in [2.05, 4.69) is 15.3 Å². The lowest BCUT2D eigenvalue weighted by atomic mass is 10.1. The zero-order chi connectivity index (χ0) is 20.1. The number of hydrogen-bond acceptors (Lipinski definition) is 6. The predicted molar refractivity (Wildman–Crippen MR) is 112 cm³/mol. The number of anilines is 2. The van der Waals surface area contributed by atoms with Crippen molar-refractivity contribution in [3.63, 3.8) is 0 Å². The minimum Gasteiger partial charge on any atom is -0.489 e. The van der Waals surface area contributed by atoms with Crippen molar-refractivity contribution >= 4 is 28.2 Å². The van der Waals surface area contributed by atoms with Crippen LogP contribution in [0.5, 0.6) is 5.75 Å². The second kappa shape index (κ2) is 8.37. The maximum absolute atomic E-state index is 8.97. The second-order valence-corrected chi connectivity index (χ2v) is 6.36. The van der Waals surface area contributed by atoms with Crippen LogP contribution in [-0.4, -0.2) is 21.0 Å². The Bertz CT molecular complexity index is 1130. The molecule has 1 aromatic heterocycles. The van der Waals surface area contributed by atoms with Gasteiger partial charge in [-0.2, -0.15) is 0 Å². The SMILES string of the molecule is N=C(NO)c1ccc2ncnc(Nc3ccc(OCc4ccccc4)cc3)c2c1. The van der Waals surface area contributed by atoms with Crippen LogP contribution >= 0.6 is 0 Å². The first-order chi connectivity index (χ1) is 14.2. The average Bonchev–Trinajstić information content (AvgIpc) is 2.79. The molecular formula is C22H19N5O2. The Morgan fingerprint density at radius 1 is 0.966 bits per heavy atom. The molecule has 7 heteroatoms. The lowest BCUT2D eigenvalue weighted by molar-refractivity contribution is 0.234. The molecule has 29 heavy (non-hydrogen) atoms. The molecule has 0 fully saturated rings. The van der Waals surface area contributed by atoms with Crippen molar-refractivity contribution in [1.82, 2.24) is 15.4 Å². The summed E-state index contributed by atoms with van der Waals surface area (Å²) in [5, 5.41) is 20.7. The molecular weight excluding hydrogens is 366 g/mol. The largest absolute Gasteiger partial charge is 0.489 e. The van der Waals surface area contributed by atoms with Gasteiger partial charge in [-0.3, -0.25) is 16.1 Å². The fourth-order valence-corrected chi connectivity index (χ4v) is 2.89. The highest BCUT2D eigenvalue weighted by Gasteiger charge is 2.08. The van der Waals surface area contributed by atoms with E-state index in [1.54, 1.807) is 18.2 Å². The molecule has 4 N–H and O–H groups in total. The number of nitrogens with zero attached hydrogens (tertiary/aromatic N) is 2. The number of aromatic nitrogens is 2. The molecule has 0 bridgehead atoms. The number of fused-ring (bicyclic) bond motifs is 1. The van der Waals surface area contributed by atoms with Crippen LogP contribution in [0, 0.1) is 5.41 Å². The van der Waals surface area contributed by atoms with Crippen molar-refractivity contribution in [1.29, 1.82) is 5.41 Å². The Balaban J connectivity index is 1.51. The van der Waals surface area contributed by atoms with Crippen LogP contribution in [0.15, 0.2) is 79.1 Å². The Kier molecular flexibility index (Phi) is 5.31. The number of rotatable bonds is 6. The summed E-state index contributed by atoms with van der Waals surface area (Å²) in [6.45, 7) is 0.512. The van der Waals surface area contributed by atoms with Gasteiger partial charge in [-0.25, -0.2) is 9.97 Å². The first kappa shape index (κ1) is 18.4. The summed E-state index contributed by atoms with van der Waals surface area (Å²) in [4.78, 5) is 8.57. The molecule has 4 rings (SSSR count). The lowest BCUT2D eigenvalue weighted by Crippen LogP contribution is -2.18. The van der Waals surface area contributed by atoms with Crippen molar-refractivity contribution in [2.45, 2.75) is 6.61 Å². The van der Waals surface area contributed by atoms with Gasteiger partial charge in [-0.15, -0.1) is 0 Å². The molecule has 0 unspecified atom stereocenters. The first-order valence-electron chi connectivity index (χ1n) is 9.00. The number of amidine groups is 1. The van der Waals surface area contributed by atoms with Crippen LogP contribution in [0.2, 0.25) is 0 Å². The molecule has 3 aromatic carbocycles. The highest BCUT2D eigenvalue weighted by molar-refractivity contribution is 6.01. The van der Waals surface area contributed by atoms with E-state index in [1.165, 1.54) is 6.33 Å². The fourth-order valence-electron chi connectivity index (χ4n) is 2.89. The molecule has 4 aromatic rings. The monoisotopic (exact) mass is 385 g/mol. The third-order valence-corrected chi connectivity index (χ3v) is 4.40. The smallest absolute Gasteiger partial charge is 0.149 e. The van der Waals surface area contributed by atoms with Crippen LogP contribution in [0.1, 0.15) is 11.1 Å². The lowest BCUT2D eigenvalue weighted by Gasteiger charge is -2.11. The van der Waals surface area contributed by atoms with Gasteiger partial charge in [0.1, 0.15) is 30.3 Å². The van der Waals surface area contributed by atoms with Crippen molar-refractivity contribution < 1.29 is 9.94 Å². The minimum atomic E-state index is -0.0957. The molecule has 1 heterocycles. The van der Waals surface area contributed by atoms with Crippen LogP contribution in [0.4, 0.5) is 11.5 Å². The van der Waals surface area contributed by atoms with E-state index in [4.69, 9.17) is 15.4 Å². The topological polar surface area (TPSA) is 103 Å². The van der Waals surface area contributed by atoms with Gasteiger partial charge in [0.15, 0.2) is 0 Å². The number of nitrogens with one attached hydrogen (secondary N) is 3. The normalized spacial score (nSPS) is 10.5. The number of benzene rings is 3. The van der Waals surface area contributed by atoms with Gasteiger partial charge < -0.3 is 10.1 Å². The minimum absolute atomic E-state index is 0.0957. The Morgan fingerprint density at radius 2 is 1.76 bits per heavy atom. The van der Waals surface area contributed by atoms with E-state index >= 15 is 0 Å². The summed E-state index contributed by atoms with van der Waals surface area (Å²) in [6, 6.07) is 22.9. The molecule has 0 aliphatic heterocycles. The Morgan fingerprint density at radius 3 is 2.52 bits per heavy atom. The maximum Gasteiger partial charge on any atom is 0.149 e. The molecule has 7 nitrogen and oxygen atoms in total. The summed E-state index contributed by atoms with van der Waals surface area (Å²) in [5.41, 5.74) is 5.08. The number of hydroxylamine groups is 1. The third-order valence-electron chi connectivity index (χ3n) is 4.40. The van der Waals surface area contributed by atoms with Crippen LogP contribution in [0.3, 0.4) is 0 Å². The van der Waals surface area contributed by atoms with Crippen molar-refractivity contribution in [3.05, 3.63) is 90.3 Å². The molecule has 0 atom stereocenters. The van der Waals surface area contributed by atoms with E-state index in [0.717, 1.165) is 27.9 Å². The average molecular weight is 385 g/mol.